The number of rotatable bonds is 6. The van der Waals surface area contributed by atoms with Gasteiger partial charge in [0.1, 0.15) is 17.3 Å². The molecule has 0 radical (unpaired) electrons. The van der Waals surface area contributed by atoms with Crippen LogP contribution in [0.5, 0.6) is 5.75 Å². The van der Waals surface area contributed by atoms with Gasteiger partial charge in [-0.3, -0.25) is 4.79 Å². The molecule has 140 valence electrons. The van der Waals surface area contributed by atoms with Crippen molar-refractivity contribution >= 4 is 5.91 Å². The van der Waals surface area contributed by atoms with Gasteiger partial charge in [0, 0.05) is 11.6 Å². The lowest BCUT2D eigenvalue weighted by molar-refractivity contribution is 0.0931. The summed E-state index contributed by atoms with van der Waals surface area (Å²) in [6.45, 7) is 3.93. The molecule has 0 aliphatic rings. The Hall–Kier alpha value is -3.15. The van der Waals surface area contributed by atoms with Gasteiger partial charge in [0.25, 0.3) is 5.91 Å². The van der Waals surface area contributed by atoms with Crippen LogP contribution < -0.4 is 10.1 Å². The number of methoxy groups -OCH3 is 1. The fraction of sp³-hybridized carbons (Fsp3) is 0.238. The second-order valence-corrected chi connectivity index (χ2v) is 6.29. The third-order valence-corrected chi connectivity index (χ3v) is 4.40. The number of carbonyl (C=O) groups excluding carboxylic acids is 1. The number of aromatic nitrogens is 2. The van der Waals surface area contributed by atoms with Crippen LogP contribution in [0.4, 0.5) is 4.39 Å². The molecule has 1 amide bonds. The third-order valence-electron chi connectivity index (χ3n) is 4.40. The molecule has 2 aromatic carbocycles. The van der Waals surface area contributed by atoms with Crippen molar-refractivity contribution < 1.29 is 13.9 Å². The standard InChI is InChI=1S/C21H22FN3O2/c1-4-14(2)23-21(26)20-13-19(17-7-5-6-8-18(17)22)24-25(20)15-9-11-16(27-3)12-10-15/h5-14H,4H2,1-3H3,(H,23,26)/t14-/m0/s1. The summed E-state index contributed by atoms with van der Waals surface area (Å²) in [5, 5.41) is 7.44. The van der Waals surface area contributed by atoms with E-state index in [0.29, 0.717) is 28.4 Å². The molecule has 1 N–H and O–H groups in total. The van der Waals surface area contributed by atoms with E-state index in [1.54, 1.807) is 55.6 Å². The number of nitrogens with one attached hydrogen (secondary N) is 1. The monoisotopic (exact) mass is 367 g/mol. The van der Waals surface area contributed by atoms with Gasteiger partial charge in [-0.1, -0.05) is 19.1 Å². The fourth-order valence-corrected chi connectivity index (χ4v) is 2.66. The largest absolute Gasteiger partial charge is 0.497 e. The molecule has 3 aromatic rings. The number of hydrogen-bond donors (Lipinski definition) is 1. The molecule has 0 bridgehead atoms. The molecule has 0 aliphatic carbocycles. The Morgan fingerprint density at radius 1 is 1.22 bits per heavy atom. The first-order chi connectivity index (χ1) is 13.0. The lowest BCUT2D eigenvalue weighted by Crippen LogP contribution is -2.33. The van der Waals surface area contributed by atoms with Gasteiger partial charge < -0.3 is 10.1 Å². The predicted octanol–water partition coefficient (Wildman–Crippen LogP) is 4.22. The molecular formula is C21H22FN3O2. The molecule has 5 nitrogen and oxygen atoms in total. The molecule has 1 aromatic heterocycles. The van der Waals surface area contributed by atoms with Crippen molar-refractivity contribution in [2.24, 2.45) is 0 Å². The van der Waals surface area contributed by atoms with Crippen molar-refractivity contribution in [1.82, 2.24) is 15.1 Å². The predicted molar refractivity (Wildman–Crippen MR) is 103 cm³/mol. The maximum absolute atomic E-state index is 14.2. The third kappa shape index (κ3) is 4.00. The van der Waals surface area contributed by atoms with Gasteiger partial charge in [-0.25, -0.2) is 9.07 Å². The van der Waals surface area contributed by atoms with Gasteiger partial charge in [0.2, 0.25) is 0 Å². The smallest absolute Gasteiger partial charge is 0.270 e. The number of benzene rings is 2. The molecule has 0 saturated carbocycles. The van der Waals surface area contributed by atoms with E-state index >= 15 is 0 Å². The van der Waals surface area contributed by atoms with Crippen LogP contribution in [0, 0.1) is 5.82 Å². The summed E-state index contributed by atoms with van der Waals surface area (Å²) in [6.07, 6.45) is 0.808. The van der Waals surface area contributed by atoms with Gasteiger partial charge in [-0.2, -0.15) is 5.10 Å². The zero-order valence-corrected chi connectivity index (χ0v) is 15.6. The van der Waals surface area contributed by atoms with Crippen molar-refractivity contribution in [3.05, 3.63) is 66.1 Å². The average molecular weight is 367 g/mol. The summed E-state index contributed by atoms with van der Waals surface area (Å²) in [5.74, 6) is 0.0619. The van der Waals surface area contributed by atoms with E-state index in [0.717, 1.165) is 6.42 Å². The zero-order chi connectivity index (χ0) is 19.4. The van der Waals surface area contributed by atoms with Crippen LogP contribution in [0.15, 0.2) is 54.6 Å². The molecule has 0 fully saturated rings. The first-order valence-corrected chi connectivity index (χ1v) is 8.83. The Morgan fingerprint density at radius 2 is 1.93 bits per heavy atom. The Balaban J connectivity index is 2.08. The highest BCUT2D eigenvalue weighted by Crippen LogP contribution is 2.25. The normalized spacial score (nSPS) is 11.9. The maximum atomic E-state index is 14.2. The molecular weight excluding hydrogens is 345 g/mol. The van der Waals surface area contributed by atoms with Crippen molar-refractivity contribution in [2.45, 2.75) is 26.3 Å². The highest BCUT2D eigenvalue weighted by atomic mass is 19.1. The van der Waals surface area contributed by atoms with E-state index in [2.05, 4.69) is 10.4 Å². The van der Waals surface area contributed by atoms with Crippen LogP contribution in [-0.4, -0.2) is 28.8 Å². The van der Waals surface area contributed by atoms with E-state index in [-0.39, 0.29) is 17.8 Å². The molecule has 0 aliphatic heterocycles. The first kappa shape index (κ1) is 18.6. The Bertz CT molecular complexity index is 935. The second kappa shape index (κ2) is 8.03. The van der Waals surface area contributed by atoms with E-state index < -0.39 is 0 Å². The Kier molecular flexibility index (Phi) is 5.54. The molecule has 3 rings (SSSR count). The minimum atomic E-state index is -0.384. The lowest BCUT2D eigenvalue weighted by atomic mass is 10.1. The van der Waals surface area contributed by atoms with E-state index in [1.807, 2.05) is 13.8 Å². The summed E-state index contributed by atoms with van der Waals surface area (Å²) in [7, 11) is 1.59. The SMILES string of the molecule is CC[C@H](C)NC(=O)c1cc(-c2ccccc2F)nn1-c1ccc(OC)cc1. The van der Waals surface area contributed by atoms with Crippen LogP contribution in [0.1, 0.15) is 30.8 Å². The van der Waals surface area contributed by atoms with E-state index in [4.69, 9.17) is 4.74 Å². The minimum absolute atomic E-state index is 0.0219. The lowest BCUT2D eigenvalue weighted by Gasteiger charge is -2.12. The Morgan fingerprint density at radius 3 is 2.56 bits per heavy atom. The average Bonchev–Trinajstić information content (AvgIpc) is 3.13. The Labute approximate surface area is 157 Å². The molecule has 6 heteroatoms. The van der Waals surface area contributed by atoms with Gasteiger partial charge in [0.05, 0.1) is 18.5 Å². The summed E-state index contributed by atoms with van der Waals surface area (Å²) in [4.78, 5) is 12.8. The van der Waals surface area contributed by atoms with E-state index in [9.17, 15) is 9.18 Å². The number of carbonyl (C=O) groups is 1. The molecule has 0 unspecified atom stereocenters. The molecule has 1 heterocycles. The van der Waals surface area contributed by atoms with Gasteiger partial charge in [0.15, 0.2) is 0 Å². The number of amides is 1. The highest BCUT2D eigenvalue weighted by molar-refractivity contribution is 5.94. The van der Waals surface area contributed by atoms with Crippen LogP contribution >= 0.6 is 0 Å². The summed E-state index contributed by atoms with van der Waals surface area (Å²) >= 11 is 0. The highest BCUT2D eigenvalue weighted by Gasteiger charge is 2.20. The van der Waals surface area contributed by atoms with Crippen molar-refractivity contribution in [3.63, 3.8) is 0 Å². The fourth-order valence-electron chi connectivity index (χ4n) is 2.66. The van der Waals surface area contributed by atoms with Crippen molar-refractivity contribution in [1.29, 1.82) is 0 Å². The first-order valence-electron chi connectivity index (χ1n) is 8.83. The zero-order valence-electron chi connectivity index (χ0n) is 15.6. The molecule has 0 saturated heterocycles. The maximum Gasteiger partial charge on any atom is 0.270 e. The number of hydrogen-bond acceptors (Lipinski definition) is 3. The van der Waals surface area contributed by atoms with Gasteiger partial charge >= 0.3 is 0 Å². The van der Waals surface area contributed by atoms with Crippen molar-refractivity contribution in [2.75, 3.05) is 7.11 Å². The molecule has 1 atom stereocenters. The number of ether oxygens (including phenoxy) is 1. The molecule has 0 spiro atoms. The number of nitrogens with zero attached hydrogens (tertiary/aromatic N) is 2. The van der Waals surface area contributed by atoms with Crippen molar-refractivity contribution in [3.8, 4) is 22.7 Å². The summed E-state index contributed by atoms with van der Waals surface area (Å²) in [6, 6.07) is 15.2. The number of halogens is 1. The van der Waals surface area contributed by atoms with E-state index in [1.165, 1.54) is 10.7 Å². The minimum Gasteiger partial charge on any atom is -0.497 e. The van der Waals surface area contributed by atoms with Crippen LogP contribution in [-0.2, 0) is 0 Å². The van der Waals surface area contributed by atoms with Crippen LogP contribution in [0.2, 0.25) is 0 Å². The second-order valence-electron chi connectivity index (χ2n) is 6.29. The summed E-state index contributed by atoms with van der Waals surface area (Å²) < 4.78 is 20.9. The van der Waals surface area contributed by atoms with Gasteiger partial charge in [-0.15, -0.1) is 0 Å². The van der Waals surface area contributed by atoms with Crippen LogP contribution in [0.25, 0.3) is 16.9 Å². The quantitative estimate of drug-likeness (QED) is 0.710. The van der Waals surface area contributed by atoms with Gasteiger partial charge in [-0.05, 0) is 55.8 Å². The van der Waals surface area contributed by atoms with Crippen LogP contribution in [0.3, 0.4) is 0 Å². The summed E-state index contributed by atoms with van der Waals surface area (Å²) in [5.41, 5.74) is 1.78. The molecule has 27 heavy (non-hydrogen) atoms. The topological polar surface area (TPSA) is 56.2 Å².